The van der Waals surface area contributed by atoms with Gasteiger partial charge in [-0.2, -0.15) is 0 Å². The van der Waals surface area contributed by atoms with Gasteiger partial charge in [-0.15, -0.1) is 0 Å². The second-order valence-corrected chi connectivity index (χ2v) is 1.58. The SMILES string of the molecule is C/C=C\C(=N)/C=C\C=N\O. The van der Waals surface area contributed by atoms with Crippen molar-refractivity contribution in [2.75, 3.05) is 0 Å². The molecule has 0 aromatic heterocycles. The number of hydrogen-bond donors (Lipinski definition) is 2. The molecule has 0 saturated carbocycles. The summed E-state index contributed by atoms with van der Waals surface area (Å²) in [7, 11) is 0. The highest BCUT2D eigenvalue weighted by Crippen LogP contribution is 1.79. The molecule has 0 spiro atoms. The fourth-order valence-electron chi connectivity index (χ4n) is 0.420. The Morgan fingerprint density at radius 1 is 1.50 bits per heavy atom. The normalized spacial score (nSPS) is 12.1. The van der Waals surface area contributed by atoms with Crippen LogP contribution in [0.25, 0.3) is 0 Å². The molecule has 10 heavy (non-hydrogen) atoms. The molecule has 0 radical (unpaired) electrons. The molecule has 0 rings (SSSR count). The lowest BCUT2D eigenvalue weighted by atomic mass is 10.3. The average Bonchev–Trinajstić information content (AvgIpc) is 1.89. The largest absolute Gasteiger partial charge is 0.411 e. The summed E-state index contributed by atoms with van der Waals surface area (Å²) in [6.45, 7) is 1.84. The molecule has 3 heteroatoms. The van der Waals surface area contributed by atoms with Crippen LogP contribution in [-0.4, -0.2) is 17.1 Å². The maximum Gasteiger partial charge on any atom is 0.0662 e. The molecule has 0 bridgehead atoms. The summed E-state index contributed by atoms with van der Waals surface area (Å²) in [5.41, 5.74) is 0.377. The first-order valence-electron chi connectivity index (χ1n) is 2.86. The molecule has 2 N–H and O–H groups in total. The fourth-order valence-corrected chi connectivity index (χ4v) is 0.420. The van der Waals surface area contributed by atoms with Crippen molar-refractivity contribution in [3.63, 3.8) is 0 Å². The number of allylic oxidation sites excluding steroid dienone is 4. The Morgan fingerprint density at radius 2 is 2.20 bits per heavy atom. The van der Waals surface area contributed by atoms with Crippen molar-refractivity contribution < 1.29 is 5.21 Å². The van der Waals surface area contributed by atoms with Gasteiger partial charge in [0.05, 0.1) is 11.9 Å². The maximum atomic E-state index is 7.94. The lowest BCUT2D eigenvalue weighted by Crippen LogP contribution is -1.81. The molecule has 0 aromatic rings. The molecule has 0 amide bonds. The average molecular weight is 138 g/mol. The monoisotopic (exact) mass is 138 g/mol. The van der Waals surface area contributed by atoms with Crippen molar-refractivity contribution >= 4 is 11.9 Å². The summed E-state index contributed by atoms with van der Waals surface area (Å²) in [6.07, 6.45) is 7.63. The number of hydrogen-bond acceptors (Lipinski definition) is 3. The summed E-state index contributed by atoms with van der Waals surface area (Å²) in [6, 6.07) is 0. The molecular weight excluding hydrogens is 128 g/mol. The van der Waals surface area contributed by atoms with Gasteiger partial charge in [0, 0.05) is 0 Å². The molecular formula is C7H10N2O. The van der Waals surface area contributed by atoms with E-state index >= 15 is 0 Å². The van der Waals surface area contributed by atoms with E-state index in [1.54, 1.807) is 12.2 Å². The van der Waals surface area contributed by atoms with Crippen molar-refractivity contribution in [2.45, 2.75) is 6.92 Å². The van der Waals surface area contributed by atoms with Crippen LogP contribution in [-0.2, 0) is 0 Å². The molecule has 0 heterocycles. The van der Waals surface area contributed by atoms with Crippen LogP contribution < -0.4 is 0 Å². The van der Waals surface area contributed by atoms with Crippen LogP contribution in [0.1, 0.15) is 6.92 Å². The number of nitrogens with one attached hydrogen (secondary N) is 1. The Balaban J connectivity index is 3.78. The van der Waals surface area contributed by atoms with Gasteiger partial charge in [0.1, 0.15) is 0 Å². The first-order chi connectivity index (χ1) is 4.81. The van der Waals surface area contributed by atoms with Crippen molar-refractivity contribution in [1.82, 2.24) is 0 Å². The molecule has 0 fully saturated rings. The second-order valence-electron chi connectivity index (χ2n) is 1.58. The molecule has 0 unspecified atom stereocenters. The van der Waals surface area contributed by atoms with Gasteiger partial charge in [-0.25, -0.2) is 0 Å². The summed E-state index contributed by atoms with van der Waals surface area (Å²) in [4.78, 5) is 0. The standard InChI is InChI=1S/C7H10N2O/c1-2-4-7(8)5-3-6-9-10/h2-6,8,10H,1H3/b4-2-,5-3-,8-7?,9-6+. The van der Waals surface area contributed by atoms with Gasteiger partial charge < -0.3 is 10.6 Å². The third-order valence-electron chi connectivity index (χ3n) is 0.775. The zero-order chi connectivity index (χ0) is 7.82. The Bertz CT molecular complexity index is 180. The Kier molecular flexibility index (Phi) is 4.96. The third kappa shape index (κ3) is 4.77. The molecule has 0 aliphatic heterocycles. The molecule has 0 atom stereocenters. The smallest absolute Gasteiger partial charge is 0.0662 e. The predicted octanol–water partition coefficient (Wildman–Crippen LogP) is 1.60. The number of nitrogens with zero attached hydrogens (tertiary/aromatic N) is 1. The summed E-state index contributed by atoms with van der Waals surface area (Å²) in [5.74, 6) is 0. The van der Waals surface area contributed by atoms with Crippen molar-refractivity contribution in [3.05, 3.63) is 24.3 Å². The van der Waals surface area contributed by atoms with Gasteiger partial charge in [0.25, 0.3) is 0 Å². The minimum absolute atomic E-state index is 0.377. The summed E-state index contributed by atoms with van der Waals surface area (Å²) >= 11 is 0. The maximum absolute atomic E-state index is 7.94. The summed E-state index contributed by atoms with van der Waals surface area (Å²) in [5, 5.41) is 17.8. The van der Waals surface area contributed by atoms with Gasteiger partial charge in [-0.1, -0.05) is 11.2 Å². The van der Waals surface area contributed by atoms with Crippen molar-refractivity contribution in [2.24, 2.45) is 5.16 Å². The third-order valence-corrected chi connectivity index (χ3v) is 0.775. The highest BCUT2D eigenvalue weighted by molar-refractivity contribution is 6.03. The topological polar surface area (TPSA) is 56.4 Å². The first kappa shape index (κ1) is 8.62. The molecule has 0 saturated heterocycles. The van der Waals surface area contributed by atoms with E-state index in [2.05, 4.69) is 5.16 Å². The Morgan fingerprint density at radius 3 is 2.70 bits per heavy atom. The van der Waals surface area contributed by atoms with Crippen LogP contribution in [0.3, 0.4) is 0 Å². The van der Waals surface area contributed by atoms with Gasteiger partial charge >= 0.3 is 0 Å². The highest BCUT2D eigenvalue weighted by atomic mass is 16.4. The van der Waals surface area contributed by atoms with Crippen LogP contribution in [0.2, 0.25) is 0 Å². The van der Waals surface area contributed by atoms with Crippen molar-refractivity contribution in [3.8, 4) is 0 Å². The molecule has 54 valence electrons. The molecule has 0 aliphatic rings. The zero-order valence-electron chi connectivity index (χ0n) is 5.78. The number of rotatable bonds is 3. The van der Waals surface area contributed by atoms with E-state index in [9.17, 15) is 0 Å². The van der Waals surface area contributed by atoms with E-state index in [4.69, 9.17) is 10.6 Å². The van der Waals surface area contributed by atoms with Gasteiger partial charge in [-0.3, -0.25) is 0 Å². The minimum Gasteiger partial charge on any atom is -0.411 e. The lowest BCUT2D eigenvalue weighted by Gasteiger charge is -1.81. The molecule has 0 aromatic carbocycles. The van der Waals surface area contributed by atoms with Gasteiger partial charge in [0.2, 0.25) is 0 Å². The van der Waals surface area contributed by atoms with Crippen LogP contribution >= 0.6 is 0 Å². The van der Waals surface area contributed by atoms with Crippen molar-refractivity contribution in [1.29, 1.82) is 5.41 Å². The second kappa shape index (κ2) is 5.75. The lowest BCUT2D eigenvalue weighted by molar-refractivity contribution is 0.322. The Hall–Kier alpha value is -1.38. The van der Waals surface area contributed by atoms with Gasteiger partial charge in [0.15, 0.2) is 0 Å². The van der Waals surface area contributed by atoms with Gasteiger partial charge in [-0.05, 0) is 25.2 Å². The van der Waals surface area contributed by atoms with Crippen LogP contribution in [0.4, 0.5) is 0 Å². The highest BCUT2D eigenvalue weighted by Gasteiger charge is 1.76. The first-order valence-corrected chi connectivity index (χ1v) is 2.86. The van der Waals surface area contributed by atoms with E-state index in [1.807, 2.05) is 6.92 Å². The molecule has 3 nitrogen and oxygen atoms in total. The van der Waals surface area contributed by atoms with E-state index < -0.39 is 0 Å². The van der Waals surface area contributed by atoms with E-state index in [-0.39, 0.29) is 0 Å². The zero-order valence-corrected chi connectivity index (χ0v) is 5.78. The predicted molar refractivity (Wildman–Crippen MR) is 42.0 cm³/mol. The van der Waals surface area contributed by atoms with E-state index in [1.165, 1.54) is 18.4 Å². The van der Waals surface area contributed by atoms with Crippen LogP contribution in [0.15, 0.2) is 29.5 Å². The van der Waals surface area contributed by atoms with E-state index in [0.29, 0.717) is 5.71 Å². The molecule has 0 aliphatic carbocycles. The quantitative estimate of drug-likeness (QED) is 0.347. The van der Waals surface area contributed by atoms with Crippen LogP contribution in [0.5, 0.6) is 0 Å². The summed E-state index contributed by atoms with van der Waals surface area (Å²) < 4.78 is 0. The Labute approximate surface area is 59.9 Å². The minimum atomic E-state index is 0.377. The fraction of sp³-hybridized carbons (Fsp3) is 0.143. The number of oxime groups is 1. The van der Waals surface area contributed by atoms with E-state index in [0.717, 1.165) is 0 Å². The van der Waals surface area contributed by atoms with Crippen LogP contribution in [0, 0.1) is 5.41 Å².